The molecule has 0 heterocycles. The van der Waals surface area contributed by atoms with Crippen molar-refractivity contribution < 1.29 is 5.11 Å². The molecule has 2 heteroatoms. The highest BCUT2D eigenvalue weighted by atomic mass is 16.3. The molecule has 0 rings (SSSR count). The Bertz CT molecular complexity index is 37.1. The Hall–Kier alpha value is -0.0800. The van der Waals surface area contributed by atoms with Crippen LogP contribution in [0.15, 0.2) is 0 Å². The SMILES string of the molecule is CC[CH]NC(C)O. The maximum Gasteiger partial charge on any atom is 0.102 e. The molecule has 0 aromatic carbocycles. The van der Waals surface area contributed by atoms with Crippen LogP contribution < -0.4 is 5.32 Å². The van der Waals surface area contributed by atoms with E-state index in [1.165, 1.54) is 0 Å². The van der Waals surface area contributed by atoms with Gasteiger partial charge in [-0.15, -0.1) is 0 Å². The highest BCUT2D eigenvalue weighted by Crippen LogP contribution is 1.79. The van der Waals surface area contributed by atoms with Crippen LogP contribution >= 0.6 is 0 Å². The van der Waals surface area contributed by atoms with Gasteiger partial charge in [0, 0.05) is 6.54 Å². The second-order valence-electron chi connectivity index (χ2n) is 1.46. The van der Waals surface area contributed by atoms with Gasteiger partial charge in [0.05, 0.1) is 0 Å². The van der Waals surface area contributed by atoms with E-state index >= 15 is 0 Å². The number of rotatable bonds is 3. The molecule has 1 atom stereocenters. The largest absolute Gasteiger partial charge is 0.379 e. The lowest BCUT2D eigenvalue weighted by molar-refractivity contribution is 0.166. The van der Waals surface area contributed by atoms with E-state index in [0.29, 0.717) is 0 Å². The first kappa shape index (κ1) is 6.92. The Morgan fingerprint density at radius 2 is 2.43 bits per heavy atom. The summed E-state index contributed by atoms with van der Waals surface area (Å²) in [4.78, 5) is 0. The van der Waals surface area contributed by atoms with Crippen molar-refractivity contribution in [3.05, 3.63) is 6.54 Å². The Morgan fingerprint density at radius 3 is 2.57 bits per heavy atom. The number of hydrogen-bond acceptors (Lipinski definition) is 2. The number of aliphatic hydroxyl groups excluding tert-OH is 1. The molecule has 2 N–H and O–H groups in total. The molecule has 0 aliphatic carbocycles. The Balaban J connectivity index is 2.68. The molecule has 7 heavy (non-hydrogen) atoms. The van der Waals surface area contributed by atoms with E-state index in [2.05, 4.69) is 5.32 Å². The lowest BCUT2D eigenvalue weighted by Crippen LogP contribution is -2.21. The predicted molar refractivity (Wildman–Crippen MR) is 29.4 cm³/mol. The van der Waals surface area contributed by atoms with Gasteiger partial charge < -0.3 is 5.11 Å². The first-order chi connectivity index (χ1) is 3.27. The molecule has 0 fully saturated rings. The van der Waals surface area contributed by atoms with Crippen molar-refractivity contribution in [3.8, 4) is 0 Å². The zero-order chi connectivity index (χ0) is 5.70. The second-order valence-corrected chi connectivity index (χ2v) is 1.46. The molecule has 43 valence electrons. The molecule has 0 bridgehead atoms. The zero-order valence-corrected chi connectivity index (χ0v) is 4.81. The average molecular weight is 102 g/mol. The molecule has 0 amide bonds. The highest BCUT2D eigenvalue weighted by Gasteiger charge is 1.87. The monoisotopic (exact) mass is 102 g/mol. The van der Waals surface area contributed by atoms with Crippen molar-refractivity contribution in [3.63, 3.8) is 0 Å². The Kier molecular flexibility index (Phi) is 4.04. The van der Waals surface area contributed by atoms with E-state index in [1.54, 1.807) is 6.92 Å². The van der Waals surface area contributed by atoms with Gasteiger partial charge in [-0.05, 0) is 13.3 Å². The van der Waals surface area contributed by atoms with Crippen LogP contribution in [0.4, 0.5) is 0 Å². The summed E-state index contributed by atoms with van der Waals surface area (Å²) in [5.41, 5.74) is 0. The fourth-order valence-electron chi connectivity index (χ4n) is 0.288. The van der Waals surface area contributed by atoms with Crippen molar-refractivity contribution >= 4 is 0 Å². The third kappa shape index (κ3) is 5.92. The van der Waals surface area contributed by atoms with Crippen LogP contribution in [0.1, 0.15) is 20.3 Å². The molecule has 0 spiro atoms. The fraction of sp³-hybridized carbons (Fsp3) is 0.800. The summed E-state index contributed by atoms with van der Waals surface area (Å²) >= 11 is 0. The zero-order valence-electron chi connectivity index (χ0n) is 4.81. The third-order valence-corrected chi connectivity index (χ3v) is 0.563. The lowest BCUT2D eigenvalue weighted by atomic mass is 10.5. The molecule has 0 aromatic rings. The first-order valence-corrected chi connectivity index (χ1v) is 2.53. The van der Waals surface area contributed by atoms with E-state index < -0.39 is 6.23 Å². The predicted octanol–water partition coefficient (Wildman–Crippen LogP) is 0.486. The van der Waals surface area contributed by atoms with Crippen LogP contribution in [-0.2, 0) is 0 Å². The van der Waals surface area contributed by atoms with Crippen molar-refractivity contribution in [2.24, 2.45) is 0 Å². The van der Waals surface area contributed by atoms with Gasteiger partial charge in [0.25, 0.3) is 0 Å². The molecule has 0 aromatic heterocycles. The third-order valence-electron chi connectivity index (χ3n) is 0.563. The summed E-state index contributed by atoms with van der Waals surface area (Å²) in [6.45, 7) is 5.52. The van der Waals surface area contributed by atoms with Gasteiger partial charge in [-0.1, -0.05) is 6.92 Å². The summed E-state index contributed by atoms with van der Waals surface area (Å²) in [6.07, 6.45) is 0.546. The van der Waals surface area contributed by atoms with Gasteiger partial charge in [0.15, 0.2) is 0 Å². The standard InChI is InChI=1S/C5H12NO/c1-3-4-6-5(2)7/h4-7H,3H2,1-2H3. The molecule has 1 unspecified atom stereocenters. The van der Waals surface area contributed by atoms with Crippen molar-refractivity contribution in [2.75, 3.05) is 0 Å². The minimum absolute atomic E-state index is 0.403. The van der Waals surface area contributed by atoms with Crippen LogP contribution in [0.3, 0.4) is 0 Å². The van der Waals surface area contributed by atoms with Crippen molar-refractivity contribution in [1.82, 2.24) is 5.32 Å². The van der Waals surface area contributed by atoms with Gasteiger partial charge in [-0.25, -0.2) is 0 Å². The van der Waals surface area contributed by atoms with Crippen LogP contribution in [0.5, 0.6) is 0 Å². The second kappa shape index (κ2) is 4.09. The summed E-state index contributed by atoms with van der Waals surface area (Å²) in [5.74, 6) is 0. The van der Waals surface area contributed by atoms with Crippen LogP contribution in [0, 0.1) is 6.54 Å². The molecule has 2 nitrogen and oxygen atoms in total. The highest BCUT2D eigenvalue weighted by molar-refractivity contribution is 4.57. The summed E-state index contributed by atoms with van der Waals surface area (Å²) < 4.78 is 0. The molecular weight excluding hydrogens is 90.1 g/mol. The molecule has 1 radical (unpaired) electrons. The molecular formula is C5H12NO. The van der Waals surface area contributed by atoms with Crippen LogP contribution in [-0.4, -0.2) is 11.3 Å². The van der Waals surface area contributed by atoms with Crippen LogP contribution in [0.25, 0.3) is 0 Å². The van der Waals surface area contributed by atoms with Gasteiger partial charge in [-0.3, -0.25) is 5.32 Å². The van der Waals surface area contributed by atoms with Gasteiger partial charge in [-0.2, -0.15) is 0 Å². The van der Waals surface area contributed by atoms with Crippen molar-refractivity contribution in [2.45, 2.75) is 26.5 Å². The maximum atomic E-state index is 8.54. The first-order valence-electron chi connectivity index (χ1n) is 2.53. The summed E-state index contributed by atoms with van der Waals surface area (Å²) in [5, 5.41) is 11.3. The molecule has 0 aliphatic rings. The van der Waals surface area contributed by atoms with E-state index in [4.69, 9.17) is 5.11 Å². The smallest absolute Gasteiger partial charge is 0.102 e. The lowest BCUT2D eigenvalue weighted by Gasteiger charge is -2.02. The fourth-order valence-corrected chi connectivity index (χ4v) is 0.288. The van der Waals surface area contributed by atoms with E-state index in [-0.39, 0.29) is 0 Å². The molecule has 0 saturated heterocycles. The van der Waals surface area contributed by atoms with E-state index in [0.717, 1.165) is 6.42 Å². The number of hydrogen-bond donors (Lipinski definition) is 2. The van der Waals surface area contributed by atoms with Crippen LogP contribution in [0.2, 0.25) is 0 Å². The molecule has 0 aliphatic heterocycles. The van der Waals surface area contributed by atoms with Gasteiger partial charge in [0.1, 0.15) is 6.23 Å². The maximum absolute atomic E-state index is 8.54. The quantitative estimate of drug-likeness (QED) is 0.508. The Labute approximate surface area is 44.5 Å². The molecule has 0 saturated carbocycles. The summed E-state index contributed by atoms with van der Waals surface area (Å²) in [6, 6.07) is 0. The minimum Gasteiger partial charge on any atom is -0.379 e. The summed E-state index contributed by atoms with van der Waals surface area (Å²) in [7, 11) is 0. The number of nitrogens with one attached hydrogen (secondary N) is 1. The van der Waals surface area contributed by atoms with Crippen molar-refractivity contribution in [1.29, 1.82) is 0 Å². The van der Waals surface area contributed by atoms with E-state index in [9.17, 15) is 0 Å². The van der Waals surface area contributed by atoms with Gasteiger partial charge in [0.2, 0.25) is 0 Å². The van der Waals surface area contributed by atoms with E-state index in [1.807, 2.05) is 13.5 Å². The Morgan fingerprint density at radius 1 is 1.86 bits per heavy atom. The minimum atomic E-state index is -0.403. The average Bonchev–Trinajstić information content (AvgIpc) is 1.61. The van der Waals surface area contributed by atoms with Gasteiger partial charge >= 0.3 is 0 Å². The number of aliphatic hydroxyl groups is 1. The topological polar surface area (TPSA) is 32.3 Å². The normalized spacial score (nSPS) is 14.1.